The molecule has 7 nitrogen and oxygen atoms in total. The molecule has 2 aromatic heterocycles. The zero-order valence-corrected chi connectivity index (χ0v) is 18.8. The molecule has 1 aliphatic heterocycles. The monoisotopic (exact) mass is 465 g/mol. The highest BCUT2D eigenvalue weighted by Crippen LogP contribution is 2.37. The predicted octanol–water partition coefficient (Wildman–Crippen LogP) is 4.17. The van der Waals surface area contributed by atoms with E-state index in [0.29, 0.717) is 35.9 Å². The number of amides is 1. The van der Waals surface area contributed by atoms with E-state index >= 15 is 0 Å². The first-order chi connectivity index (χ1) is 15.9. The summed E-state index contributed by atoms with van der Waals surface area (Å²) in [6.45, 7) is 4.43. The lowest BCUT2D eigenvalue weighted by molar-refractivity contribution is 0.0769. The van der Waals surface area contributed by atoms with Gasteiger partial charge >= 0.3 is 0 Å². The molecule has 3 heterocycles. The molecule has 0 radical (unpaired) electrons. The van der Waals surface area contributed by atoms with E-state index in [1.54, 1.807) is 30.0 Å². The van der Waals surface area contributed by atoms with Crippen molar-refractivity contribution in [2.75, 3.05) is 13.1 Å². The zero-order chi connectivity index (χ0) is 23.5. The van der Waals surface area contributed by atoms with E-state index < -0.39 is 5.82 Å². The van der Waals surface area contributed by atoms with Crippen molar-refractivity contribution in [3.8, 4) is 11.9 Å². The highest BCUT2D eigenvalue weighted by molar-refractivity contribution is 6.30. The maximum atomic E-state index is 14.2. The van der Waals surface area contributed by atoms with Crippen LogP contribution in [0.25, 0.3) is 0 Å². The molecule has 3 aromatic rings. The molecule has 0 aliphatic carbocycles. The Labute approximate surface area is 195 Å². The largest absolute Gasteiger partial charge is 0.474 e. The molecule has 9 heteroatoms. The molecule has 1 amide bonds. The van der Waals surface area contributed by atoms with Gasteiger partial charge in [-0.15, -0.1) is 0 Å². The summed E-state index contributed by atoms with van der Waals surface area (Å²) in [5, 5.41) is 9.00. The molecular weight excluding hydrogens is 445 g/mol. The topological polar surface area (TPSA) is 92.0 Å². The van der Waals surface area contributed by atoms with Gasteiger partial charge in [0.1, 0.15) is 23.8 Å². The van der Waals surface area contributed by atoms with Crippen LogP contribution in [-0.2, 0) is 0 Å². The van der Waals surface area contributed by atoms with Crippen molar-refractivity contribution in [3.05, 3.63) is 82.3 Å². The van der Waals surface area contributed by atoms with Gasteiger partial charge in [0.05, 0.1) is 16.1 Å². The summed E-state index contributed by atoms with van der Waals surface area (Å²) in [6.07, 6.45) is 4.11. The van der Waals surface area contributed by atoms with Gasteiger partial charge in [-0.25, -0.2) is 19.3 Å². The highest BCUT2D eigenvalue weighted by Gasteiger charge is 2.40. The second-order valence-electron chi connectivity index (χ2n) is 7.99. The molecule has 0 N–H and O–H groups in total. The number of aryl methyl sites for hydroxylation is 1. The summed E-state index contributed by atoms with van der Waals surface area (Å²) >= 11 is 5.88. The number of carbonyl (C=O) groups is 1. The van der Waals surface area contributed by atoms with Crippen molar-refractivity contribution in [1.29, 1.82) is 5.26 Å². The fraction of sp³-hybridized carbons (Fsp3) is 0.292. The number of halogens is 2. The number of rotatable bonds is 5. The summed E-state index contributed by atoms with van der Waals surface area (Å²) in [5.74, 6) is -0.0667. The lowest BCUT2D eigenvalue weighted by Crippen LogP contribution is -2.32. The molecule has 0 saturated carbocycles. The minimum atomic E-state index is -0.507. The Morgan fingerprint density at radius 3 is 2.61 bits per heavy atom. The lowest BCUT2D eigenvalue weighted by atomic mass is 9.85. The number of benzene rings is 1. The Hall–Kier alpha value is -3.57. The van der Waals surface area contributed by atoms with Gasteiger partial charge < -0.3 is 9.64 Å². The van der Waals surface area contributed by atoms with E-state index in [9.17, 15) is 9.18 Å². The van der Waals surface area contributed by atoms with Crippen molar-refractivity contribution < 1.29 is 13.9 Å². The van der Waals surface area contributed by atoms with Gasteiger partial charge in [-0.1, -0.05) is 17.7 Å². The van der Waals surface area contributed by atoms with Crippen molar-refractivity contribution >= 4 is 17.5 Å². The van der Waals surface area contributed by atoms with Crippen LogP contribution in [0.2, 0.25) is 5.02 Å². The third kappa shape index (κ3) is 4.94. The first-order valence-corrected chi connectivity index (χ1v) is 10.8. The summed E-state index contributed by atoms with van der Waals surface area (Å²) in [7, 11) is 0. The minimum Gasteiger partial charge on any atom is -0.474 e. The van der Waals surface area contributed by atoms with Crippen LogP contribution in [0, 0.1) is 30.0 Å². The van der Waals surface area contributed by atoms with Gasteiger partial charge in [-0.05, 0) is 37.6 Å². The Morgan fingerprint density at radius 1 is 1.21 bits per heavy atom. The quantitative estimate of drug-likeness (QED) is 0.561. The predicted molar refractivity (Wildman–Crippen MR) is 119 cm³/mol. The van der Waals surface area contributed by atoms with E-state index in [2.05, 4.69) is 15.0 Å². The molecule has 1 fully saturated rings. The third-order valence-corrected chi connectivity index (χ3v) is 6.13. The van der Waals surface area contributed by atoms with Gasteiger partial charge in [-0.2, -0.15) is 5.26 Å². The molecular formula is C24H21ClFN5O2. The number of pyridine rings is 1. The Balaban J connectivity index is 1.60. The summed E-state index contributed by atoms with van der Waals surface area (Å²) in [4.78, 5) is 27.2. The number of hydrogen-bond donors (Lipinski definition) is 0. The van der Waals surface area contributed by atoms with Crippen LogP contribution in [0.3, 0.4) is 0 Å². The maximum Gasteiger partial charge on any atom is 0.257 e. The smallest absolute Gasteiger partial charge is 0.257 e. The average molecular weight is 466 g/mol. The molecule has 33 heavy (non-hydrogen) atoms. The molecule has 0 spiro atoms. The minimum absolute atomic E-state index is 0.0455. The second-order valence-corrected chi connectivity index (χ2v) is 8.40. The van der Waals surface area contributed by atoms with Crippen molar-refractivity contribution in [1.82, 2.24) is 19.9 Å². The number of nitrogens with zero attached hydrogens (tertiary/aromatic N) is 5. The number of aromatic nitrogens is 3. The van der Waals surface area contributed by atoms with Crippen LogP contribution in [0.5, 0.6) is 5.88 Å². The van der Waals surface area contributed by atoms with E-state index in [0.717, 1.165) is 5.56 Å². The maximum absolute atomic E-state index is 14.2. The van der Waals surface area contributed by atoms with E-state index in [-0.39, 0.29) is 28.9 Å². The Bertz CT molecular complexity index is 1200. The van der Waals surface area contributed by atoms with Crippen LogP contribution in [0.15, 0.2) is 48.9 Å². The summed E-state index contributed by atoms with van der Waals surface area (Å²) in [6, 6.07) is 9.99. The van der Waals surface area contributed by atoms with Crippen molar-refractivity contribution in [3.63, 3.8) is 0 Å². The van der Waals surface area contributed by atoms with Crippen LogP contribution in [-0.4, -0.2) is 45.0 Å². The van der Waals surface area contributed by atoms with Gasteiger partial charge in [0, 0.05) is 49.6 Å². The number of likely N-dealkylation sites (tertiary alicyclic amines) is 1. The van der Waals surface area contributed by atoms with Gasteiger partial charge in [0.25, 0.3) is 5.91 Å². The molecule has 1 aromatic carbocycles. The molecule has 3 atom stereocenters. The van der Waals surface area contributed by atoms with E-state index in [4.69, 9.17) is 21.6 Å². The zero-order valence-electron chi connectivity index (χ0n) is 18.1. The molecule has 1 unspecified atom stereocenters. The van der Waals surface area contributed by atoms with Gasteiger partial charge in [0.15, 0.2) is 0 Å². The second kappa shape index (κ2) is 9.51. The summed E-state index contributed by atoms with van der Waals surface area (Å²) in [5.41, 5.74) is 1.56. The van der Waals surface area contributed by atoms with Crippen LogP contribution < -0.4 is 4.74 Å². The number of ether oxygens (including phenoxy) is 1. The van der Waals surface area contributed by atoms with E-state index in [1.807, 2.05) is 13.0 Å². The molecule has 1 saturated heterocycles. The highest BCUT2D eigenvalue weighted by atomic mass is 35.5. The number of carbonyl (C=O) groups excluding carboxylic acids is 1. The van der Waals surface area contributed by atoms with Crippen LogP contribution in [0.1, 0.15) is 40.2 Å². The molecule has 0 bridgehead atoms. The van der Waals surface area contributed by atoms with Gasteiger partial charge in [0.2, 0.25) is 5.88 Å². The number of hydrogen-bond acceptors (Lipinski definition) is 6. The first-order valence-electron chi connectivity index (χ1n) is 10.4. The Kier molecular flexibility index (Phi) is 6.52. The fourth-order valence-corrected chi connectivity index (χ4v) is 4.16. The standard InChI is InChI=1S/C24H21ClFN5O2/c1-14(33-23-6-3-16(8-27)9-30-23)19-12-31(24(32)18-10-28-15(2)29-11-18)13-20(19)17-4-5-21(25)22(26)7-17/h3-7,9-11,14,19-20H,12-13H2,1-2H3/t14-,19?,20+/m0/s1. The fourth-order valence-electron chi connectivity index (χ4n) is 4.05. The van der Waals surface area contributed by atoms with Crippen LogP contribution in [0.4, 0.5) is 4.39 Å². The van der Waals surface area contributed by atoms with Crippen LogP contribution >= 0.6 is 11.6 Å². The average Bonchev–Trinajstić information content (AvgIpc) is 3.27. The normalized spacial score (nSPS) is 18.6. The summed E-state index contributed by atoms with van der Waals surface area (Å²) < 4.78 is 20.3. The van der Waals surface area contributed by atoms with Gasteiger partial charge in [-0.3, -0.25) is 4.79 Å². The molecule has 1 aliphatic rings. The molecule has 168 valence electrons. The van der Waals surface area contributed by atoms with E-state index in [1.165, 1.54) is 30.7 Å². The molecule has 4 rings (SSSR count). The number of nitriles is 1. The lowest BCUT2D eigenvalue weighted by Gasteiger charge is -2.25. The van der Waals surface area contributed by atoms with Crippen molar-refractivity contribution in [2.45, 2.75) is 25.9 Å². The Morgan fingerprint density at radius 2 is 1.97 bits per heavy atom. The SMILES string of the molecule is Cc1ncc(C(=O)N2CC([C@H](C)Oc3ccc(C#N)cn3)[C@@H](c3ccc(Cl)c(F)c3)C2)cn1. The van der Waals surface area contributed by atoms with Crippen molar-refractivity contribution in [2.24, 2.45) is 5.92 Å². The first kappa shape index (κ1) is 22.6. The third-order valence-electron chi connectivity index (χ3n) is 5.83.